The number of carbonyl (C=O) groups is 2. The first-order valence-electron chi connectivity index (χ1n) is 9.33. The Balaban J connectivity index is 2.11. The first kappa shape index (κ1) is 20.6. The van der Waals surface area contributed by atoms with E-state index in [1.165, 1.54) is 0 Å². The summed E-state index contributed by atoms with van der Waals surface area (Å²) >= 11 is 0. The molecule has 0 aliphatic carbocycles. The second-order valence-corrected chi connectivity index (χ2v) is 6.65. The number of benzene rings is 2. The number of aromatic carboxylic acids is 2. The lowest BCUT2D eigenvalue weighted by atomic mass is 9.93. The first-order valence-corrected chi connectivity index (χ1v) is 9.33. The minimum absolute atomic E-state index is 0.227. The van der Waals surface area contributed by atoms with Crippen LogP contribution in [0.4, 0.5) is 0 Å². The van der Waals surface area contributed by atoms with E-state index in [1.807, 2.05) is 0 Å². The van der Waals surface area contributed by atoms with Crippen LogP contribution in [0.15, 0.2) is 42.5 Å². The molecular weight excluding hydrogens is 344 g/mol. The van der Waals surface area contributed by atoms with Crippen molar-refractivity contribution in [3.63, 3.8) is 0 Å². The molecule has 0 fully saturated rings. The molecule has 2 aromatic carbocycles. The van der Waals surface area contributed by atoms with Gasteiger partial charge in [0.05, 0.1) is 11.1 Å². The third-order valence-corrected chi connectivity index (χ3v) is 4.65. The number of hydrogen-bond acceptors (Lipinski definition) is 3. The van der Waals surface area contributed by atoms with E-state index in [0.29, 0.717) is 0 Å². The smallest absolute Gasteiger partial charge is 0.335 e. The molecule has 2 rings (SSSR count). The van der Waals surface area contributed by atoms with Crippen LogP contribution in [0.3, 0.4) is 0 Å². The Labute approximate surface area is 159 Å². The number of unbranched alkanes of at least 4 members (excludes halogenated alkanes) is 5. The number of hydrogen-bond donors (Lipinski definition) is 3. The van der Waals surface area contributed by atoms with E-state index in [9.17, 15) is 14.7 Å². The summed E-state index contributed by atoms with van der Waals surface area (Å²) < 4.78 is 0. The lowest BCUT2D eigenvalue weighted by molar-refractivity contribution is 0.0686. The highest BCUT2D eigenvalue weighted by Crippen LogP contribution is 2.27. The molecule has 0 atom stereocenters. The lowest BCUT2D eigenvalue weighted by Crippen LogP contribution is -2.00. The molecule has 0 bridgehead atoms. The zero-order valence-electron chi connectivity index (χ0n) is 15.4. The fraction of sp³-hybridized carbons (Fsp3) is 0.364. The Hall–Kier alpha value is -2.66. The van der Waals surface area contributed by atoms with E-state index < -0.39 is 11.9 Å². The second kappa shape index (κ2) is 10.5. The zero-order valence-corrected chi connectivity index (χ0v) is 15.4. The van der Waals surface area contributed by atoms with Gasteiger partial charge in [0.2, 0.25) is 0 Å². The molecular formula is C22H26O5. The van der Waals surface area contributed by atoms with Gasteiger partial charge in [0.1, 0.15) is 0 Å². The highest BCUT2D eigenvalue weighted by Gasteiger charge is 2.11. The molecule has 0 aliphatic heterocycles. The molecule has 0 heterocycles. The van der Waals surface area contributed by atoms with Crippen LogP contribution in [-0.4, -0.2) is 33.9 Å². The van der Waals surface area contributed by atoms with Gasteiger partial charge in [0, 0.05) is 6.61 Å². The molecule has 27 heavy (non-hydrogen) atoms. The maximum Gasteiger partial charge on any atom is 0.335 e. The predicted molar refractivity (Wildman–Crippen MR) is 104 cm³/mol. The molecule has 0 radical (unpaired) electrons. The van der Waals surface area contributed by atoms with Crippen LogP contribution in [-0.2, 0) is 6.42 Å². The van der Waals surface area contributed by atoms with Crippen LogP contribution in [0, 0.1) is 0 Å². The summed E-state index contributed by atoms with van der Waals surface area (Å²) in [6, 6.07) is 11.8. The predicted octanol–water partition coefficient (Wildman–Crippen LogP) is 4.63. The first-order chi connectivity index (χ1) is 13.0. The van der Waals surface area contributed by atoms with E-state index in [2.05, 4.69) is 0 Å². The largest absolute Gasteiger partial charge is 0.478 e. The van der Waals surface area contributed by atoms with Gasteiger partial charge in [0.15, 0.2) is 0 Å². The highest BCUT2D eigenvalue weighted by molar-refractivity contribution is 5.90. The van der Waals surface area contributed by atoms with Crippen molar-refractivity contribution in [3.8, 4) is 11.1 Å². The number of aliphatic hydroxyl groups is 1. The van der Waals surface area contributed by atoms with Crippen LogP contribution < -0.4 is 0 Å². The van der Waals surface area contributed by atoms with Gasteiger partial charge in [-0.15, -0.1) is 0 Å². The Kier molecular flexibility index (Phi) is 8.01. The van der Waals surface area contributed by atoms with Crippen molar-refractivity contribution in [3.05, 3.63) is 59.2 Å². The zero-order chi connectivity index (χ0) is 19.6. The standard InChI is InChI=1S/C22H26O5/c23-14-6-4-2-1-3-5-7-18-15-19(22(26)27)12-13-20(18)16-8-10-17(11-9-16)21(24)25/h8-13,15,23H,1-7,14H2,(H,24,25)(H,26,27). The molecule has 0 amide bonds. The quantitative estimate of drug-likeness (QED) is 0.502. The van der Waals surface area contributed by atoms with Gasteiger partial charge >= 0.3 is 11.9 Å². The summed E-state index contributed by atoms with van der Waals surface area (Å²) in [7, 11) is 0. The molecule has 5 nitrogen and oxygen atoms in total. The van der Waals surface area contributed by atoms with Crippen LogP contribution in [0.25, 0.3) is 11.1 Å². The SMILES string of the molecule is O=C(O)c1ccc(-c2ccc(C(=O)O)cc2CCCCCCCCO)cc1. The fourth-order valence-electron chi connectivity index (χ4n) is 3.14. The van der Waals surface area contributed by atoms with Crippen LogP contribution in [0.5, 0.6) is 0 Å². The monoisotopic (exact) mass is 370 g/mol. The van der Waals surface area contributed by atoms with Crippen molar-refractivity contribution in [2.45, 2.75) is 44.9 Å². The number of rotatable bonds is 11. The Bertz CT molecular complexity index is 765. The van der Waals surface area contributed by atoms with E-state index in [-0.39, 0.29) is 17.7 Å². The van der Waals surface area contributed by atoms with E-state index in [0.717, 1.165) is 61.6 Å². The van der Waals surface area contributed by atoms with Gasteiger partial charge in [-0.05, 0) is 60.2 Å². The fourth-order valence-corrected chi connectivity index (χ4v) is 3.14. The molecule has 5 heteroatoms. The topological polar surface area (TPSA) is 94.8 Å². The molecule has 3 N–H and O–H groups in total. The summed E-state index contributed by atoms with van der Waals surface area (Å²) in [5.41, 5.74) is 3.28. The Morgan fingerprint density at radius 2 is 1.26 bits per heavy atom. The molecule has 144 valence electrons. The van der Waals surface area contributed by atoms with Gasteiger partial charge in [-0.1, -0.05) is 43.9 Å². The van der Waals surface area contributed by atoms with Crippen molar-refractivity contribution in [2.24, 2.45) is 0 Å². The average Bonchev–Trinajstić information content (AvgIpc) is 2.67. The van der Waals surface area contributed by atoms with E-state index in [1.54, 1.807) is 42.5 Å². The third kappa shape index (κ3) is 6.22. The number of carboxylic acids is 2. The van der Waals surface area contributed by atoms with Gasteiger partial charge < -0.3 is 15.3 Å². The van der Waals surface area contributed by atoms with Gasteiger partial charge in [-0.2, -0.15) is 0 Å². The van der Waals surface area contributed by atoms with Crippen LogP contribution >= 0.6 is 0 Å². The minimum Gasteiger partial charge on any atom is -0.478 e. The van der Waals surface area contributed by atoms with Crippen molar-refractivity contribution < 1.29 is 24.9 Å². The van der Waals surface area contributed by atoms with Crippen LogP contribution in [0.1, 0.15) is 64.8 Å². The maximum absolute atomic E-state index is 11.3. The molecule has 0 saturated heterocycles. The highest BCUT2D eigenvalue weighted by atomic mass is 16.4. The van der Waals surface area contributed by atoms with Crippen molar-refractivity contribution in [1.82, 2.24) is 0 Å². The summed E-state index contributed by atoms with van der Waals surface area (Å²) in [4.78, 5) is 22.3. The molecule has 2 aromatic rings. The van der Waals surface area contributed by atoms with Crippen molar-refractivity contribution in [1.29, 1.82) is 0 Å². The molecule has 0 aliphatic rings. The van der Waals surface area contributed by atoms with E-state index >= 15 is 0 Å². The average molecular weight is 370 g/mol. The van der Waals surface area contributed by atoms with Gasteiger partial charge in [-0.25, -0.2) is 9.59 Å². The van der Waals surface area contributed by atoms with Crippen molar-refractivity contribution in [2.75, 3.05) is 6.61 Å². The summed E-state index contributed by atoms with van der Waals surface area (Å²) in [5.74, 6) is -1.92. The van der Waals surface area contributed by atoms with Gasteiger partial charge in [-0.3, -0.25) is 0 Å². The number of carboxylic acid groups (broad SMARTS) is 2. The summed E-state index contributed by atoms with van der Waals surface area (Å²) in [6.45, 7) is 0.242. The van der Waals surface area contributed by atoms with Crippen LogP contribution in [0.2, 0.25) is 0 Å². The van der Waals surface area contributed by atoms with Crippen molar-refractivity contribution >= 4 is 11.9 Å². The molecule has 0 spiro atoms. The normalized spacial score (nSPS) is 10.7. The minimum atomic E-state index is -0.968. The Morgan fingerprint density at radius 3 is 1.85 bits per heavy atom. The molecule has 0 unspecified atom stereocenters. The number of aliphatic hydroxyl groups excluding tert-OH is 1. The summed E-state index contributed by atoms with van der Waals surface area (Å²) in [6.07, 6.45) is 6.86. The van der Waals surface area contributed by atoms with Gasteiger partial charge in [0.25, 0.3) is 0 Å². The number of aryl methyl sites for hydroxylation is 1. The van der Waals surface area contributed by atoms with E-state index in [4.69, 9.17) is 10.2 Å². The lowest BCUT2D eigenvalue weighted by Gasteiger charge is -2.12. The third-order valence-electron chi connectivity index (χ3n) is 4.65. The molecule has 0 saturated carbocycles. The Morgan fingerprint density at radius 1 is 0.704 bits per heavy atom. The second-order valence-electron chi connectivity index (χ2n) is 6.65. The summed E-state index contributed by atoms with van der Waals surface area (Å²) in [5, 5.41) is 27.1. The molecule has 0 aromatic heterocycles. The maximum atomic E-state index is 11.3.